The van der Waals surface area contributed by atoms with E-state index in [1.54, 1.807) is 0 Å². The van der Waals surface area contributed by atoms with Gasteiger partial charge in [-0.2, -0.15) is 0 Å². The van der Waals surface area contributed by atoms with Crippen LogP contribution in [0.1, 0.15) is 47.0 Å². The van der Waals surface area contributed by atoms with Crippen molar-refractivity contribution >= 4 is 5.96 Å². The zero-order valence-corrected chi connectivity index (χ0v) is 13.9. The number of aliphatic imine (C=N–C) groups is 1. The fourth-order valence-electron chi connectivity index (χ4n) is 2.75. The van der Waals surface area contributed by atoms with Crippen LogP contribution in [0.2, 0.25) is 0 Å². The summed E-state index contributed by atoms with van der Waals surface area (Å²) in [6, 6.07) is 0. The van der Waals surface area contributed by atoms with Crippen molar-refractivity contribution in [1.29, 1.82) is 0 Å². The highest BCUT2D eigenvalue weighted by atomic mass is 15.1. The van der Waals surface area contributed by atoms with Gasteiger partial charge in [0.2, 0.25) is 0 Å². The SMILES string of the molecule is CC(C)CCNC(N)=NCC1CCCN(CC(C)C)C1. The molecule has 1 aliphatic rings. The molecule has 1 atom stereocenters. The van der Waals surface area contributed by atoms with E-state index in [-0.39, 0.29) is 0 Å². The first-order valence-electron chi connectivity index (χ1n) is 8.23. The molecular formula is C16H34N4. The van der Waals surface area contributed by atoms with Gasteiger partial charge in [0.1, 0.15) is 0 Å². The van der Waals surface area contributed by atoms with E-state index in [4.69, 9.17) is 5.73 Å². The molecule has 0 amide bonds. The van der Waals surface area contributed by atoms with E-state index in [1.165, 1.54) is 32.5 Å². The number of guanidine groups is 1. The van der Waals surface area contributed by atoms with Crippen LogP contribution in [0.3, 0.4) is 0 Å². The minimum Gasteiger partial charge on any atom is -0.370 e. The van der Waals surface area contributed by atoms with E-state index >= 15 is 0 Å². The molecule has 0 aromatic carbocycles. The average molecular weight is 282 g/mol. The Labute approximate surface area is 125 Å². The molecule has 20 heavy (non-hydrogen) atoms. The normalized spacial score (nSPS) is 21.7. The maximum absolute atomic E-state index is 5.92. The molecule has 0 aliphatic carbocycles. The second kappa shape index (κ2) is 9.22. The first-order chi connectivity index (χ1) is 9.47. The van der Waals surface area contributed by atoms with Crippen LogP contribution < -0.4 is 11.1 Å². The summed E-state index contributed by atoms with van der Waals surface area (Å²) in [7, 11) is 0. The van der Waals surface area contributed by atoms with Crippen LogP contribution in [0.5, 0.6) is 0 Å². The Kier molecular flexibility index (Phi) is 7.97. The first kappa shape index (κ1) is 17.3. The minimum atomic E-state index is 0.617. The summed E-state index contributed by atoms with van der Waals surface area (Å²) in [4.78, 5) is 7.10. The van der Waals surface area contributed by atoms with Gasteiger partial charge in [-0.25, -0.2) is 0 Å². The molecule has 4 nitrogen and oxygen atoms in total. The monoisotopic (exact) mass is 282 g/mol. The molecule has 1 saturated heterocycles. The van der Waals surface area contributed by atoms with Crippen molar-refractivity contribution in [2.75, 3.05) is 32.7 Å². The Hall–Kier alpha value is -0.770. The molecule has 3 N–H and O–H groups in total. The van der Waals surface area contributed by atoms with Crippen molar-refractivity contribution in [3.8, 4) is 0 Å². The van der Waals surface area contributed by atoms with E-state index in [9.17, 15) is 0 Å². The summed E-state index contributed by atoms with van der Waals surface area (Å²) >= 11 is 0. The molecule has 0 spiro atoms. The third kappa shape index (κ3) is 7.73. The molecular weight excluding hydrogens is 248 g/mol. The van der Waals surface area contributed by atoms with Gasteiger partial charge in [0.25, 0.3) is 0 Å². The van der Waals surface area contributed by atoms with Gasteiger partial charge < -0.3 is 16.0 Å². The molecule has 118 valence electrons. The van der Waals surface area contributed by atoms with Gasteiger partial charge in [-0.15, -0.1) is 0 Å². The highest BCUT2D eigenvalue weighted by molar-refractivity contribution is 5.77. The van der Waals surface area contributed by atoms with Crippen molar-refractivity contribution in [3.05, 3.63) is 0 Å². The highest BCUT2D eigenvalue weighted by Crippen LogP contribution is 2.17. The predicted molar refractivity (Wildman–Crippen MR) is 87.9 cm³/mol. The Morgan fingerprint density at radius 2 is 2.05 bits per heavy atom. The van der Waals surface area contributed by atoms with Gasteiger partial charge in [-0.3, -0.25) is 4.99 Å². The van der Waals surface area contributed by atoms with Gasteiger partial charge in [0.05, 0.1) is 0 Å². The largest absolute Gasteiger partial charge is 0.370 e. The number of nitrogens with zero attached hydrogens (tertiary/aromatic N) is 2. The molecule has 4 heteroatoms. The van der Waals surface area contributed by atoms with Gasteiger partial charge >= 0.3 is 0 Å². The van der Waals surface area contributed by atoms with E-state index in [0.29, 0.717) is 17.8 Å². The van der Waals surface area contributed by atoms with Gasteiger partial charge in [-0.05, 0) is 43.6 Å². The summed E-state index contributed by atoms with van der Waals surface area (Å²) in [6.45, 7) is 14.5. The lowest BCUT2D eigenvalue weighted by Crippen LogP contribution is -2.39. The van der Waals surface area contributed by atoms with Gasteiger partial charge in [-0.1, -0.05) is 27.7 Å². The molecule has 1 unspecified atom stereocenters. The standard InChI is InChI=1S/C16H34N4/c1-13(2)7-8-18-16(17)19-10-15-6-5-9-20(12-15)11-14(3)4/h13-15H,5-12H2,1-4H3,(H3,17,18,19). The summed E-state index contributed by atoms with van der Waals surface area (Å²) in [5, 5.41) is 3.21. The summed E-state index contributed by atoms with van der Waals surface area (Å²) < 4.78 is 0. The van der Waals surface area contributed by atoms with Crippen molar-refractivity contribution in [3.63, 3.8) is 0 Å². The molecule has 1 fully saturated rings. The number of nitrogens with two attached hydrogens (primary N) is 1. The van der Waals surface area contributed by atoms with E-state index in [0.717, 1.165) is 25.4 Å². The zero-order valence-electron chi connectivity index (χ0n) is 13.9. The molecule has 0 saturated carbocycles. The molecule has 1 rings (SSSR count). The quantitative estimate of drug-likeness (QED) is 0.556. The smallest absolute Gasteiger partial charge is 0.188 e. The molecule has 0 radical (unpaired) electrons. The maximum Gasteiger partial charge on any atom is 0.188 e. The number of piperidine rings is 1. The van der Waals surface area contributed by atoms with Crippen LogP contribution in [0.25, 0.3) is 0 Å². The van der Waals surface area contributed by atoms with Crippen molar-refractivity contribution < 1.29 is 0 Å². The van der Waals surface area contributed by atoms with Crippen molar-refractivity contribution in [2.45, 2.75) is 47.0 Å². The topological polar surface area (TPSA) is 53.6 Å². The van der Waals surface area contributed by atoms with Crippen molar-refractivity contribution in [1.82, 2.24) is 10.2 Å². The molecule has 1 heterocycles. The summed E-state index contributed by atoms with van der Waals surface area (Å²) in [5.41, 5.74) is 5.92. The molecule has 1 aliphatic heterocycles. The molecule has 0 aromatic heterocycles. The summed E-state index contributed by atoms with van der Waals surface area (Å²) in [6.07, 6.45) is 3.73. The van der Waals surface area contributed by atoms with Crippen LogP contribution in [0.15, 0.2) is 4.99 Å². The van der Waals surface area contributed by atoms with E-state index in [1.807, 2.05) is 0 Å². The number of rotatable bonds is 7. The van der Waals surface area contributed by atoms with Gasteiger partial charge in [0.15, 0.2) is 5.96 Å². The lowest BCUT2D eigenvalue weighted by Gasteiger charge is -2.33. The Bertz CT molecular complexity index is 286. The zero-order chi connectivity index (χ0) is 15.0. The minimum absolute atomic E-state index is 0.617. The Morgan fingerprint density at radius 1 is 1.30 bits per heavy atom. The number of hydrogen-bond donors (Lipinski definition) is 2. The van der Waals surface area contributed by atoms with Crippen LogP contribution in [0, 0.1) is 17.8 Å². The predicted octanol–water partition coefficient (Wildman–Crippen LogP) is 2.30. The maximum atomic E-state index is 5.92. The number of likely N-dealkylation sites (tertiary alicyclic amines) is 1. The van der Waals surface area contributed by atoms with Crippen LogP contribution in [-0.2, 0) is 0 Å². The third-order valence-corrected chi connectivity index (χ3v) is 3.77. The fourth-order valence-corrected chi connectivity index (χ4v) is 2.75. The number of nitrogens with one attached hydrogen (secondary N) is 1. The summed E-state index contributed by atoms with van der Waals surface area (Å²) in [5.74, 6) is 2.75. The Balaban J connectivity index is 2.25. The Morgan fingerprint density at radius 3 is 2.70 bits per heavy atom. The second-order valence-electron chi connectivity index (χ2n) is 7.00. The van der Waals surface area contributed by atoms with Crippen LogP contribution in [0.4, 0.5) is 0 Å². The molecule has 0 aromatic rings. The lowest BCUT2D eigenvalue weighted by atomic mass is 9.97. The van der Waals surface area contributed by atoms with Crippen LogP contribution in [-0.4, -0.2) is 43.6 Å². The highest BCUT2D eigenvalue weighted by Gasteiger charge is 2.19. The second-order valence-corrected chi connectivity index (χ2v) is 7.00. The van der Waals surface area contributed by atoms with E-state index in [2.05, 4.69) is 42.9 Å². The first-order valence-corrected chi connectivity index (χ1v) is 8.23. The third-order valence-electron chi connectivity index (χ3n) is 3.77. The number of hydrogen-bond acceptors (Lipinski definition) is 2. The van der Waals surface area contributed by atoms with Crippen LogP contribution >= 0.6 is 0 Å². The molecule has 0 bridgehead atoms. The van der Waals surface area contributed by atoms with Crippen molar-refractivity contribution in [2.24, 2.45) is 28.5 Å². The van der Waals surface area contributed by atoms with Gasteiger partial charge in [0, 0.05) is 26.2 Å². The average Bonchev–Trinajstić information content (AvgIpc) is 2.35. The lowest BCUT2D eigenvalue weighted by molar-refractivity contribution is 0.162. The fraction of sp³-hybridized carbons (Fsp3) is 0.938. The van der Waals surface area contributed by atoms with E-state index < -0.39 is 0 Å².